The number of carbonyl (C=O) groups is 2. The summed E-state index contributed by atoms with van der Waals surface area (Å²) >= 11 is 0. The third-order valence-corrected chi connectivity index (χ3v) is 8.96. The van der Waals surface area contributed by atoms with Crippen LogP contribution < -0.4 is 14.8 Å². The van der Waals surface area contributed by atoms with Gasteiger partial charge in [0.25, 0.3) is 5.91 Å². The van der Waals surface area contributed by atoms with Crippen molar-refractivity contribution in [2.75, 3.05) is 13.7 Å². The molecule has 3 N–H and O–H groups in total. The number of carboxylic acid groups (broad SMARTS) is 1. The van der Waals surface area contributed by atoms with Crippen molar-refractivity contribution in [3.8, 4) is 11.5 Å². The first-order chi connectivity index (χ1) is 15.3. The molecule has 0 aromatic heterocycles. The van der Waals surface area contributed by atoms with Crippen LogP contribution in [0.25, 0.3) is 0 Å². The molecule has 0 saturated heterocycles. The van der Waals surface area contributed by atoms with Gasteiger partial charge in [-0.15, -0.1) is 0 Å². The minimum Gasteiger partial charge on any atom is -0.495 e. The smallest absolute Gasteiger partial charge is 0.340 e. The van der Waals surface area contributed by atoms with Gasteiger partial charge in [0, 0.05) is 23.6 Å². The first-order valence-corrected chi connectivity index (χ1v) is 11.9. The summed E-state index contributed by atoms with van der Waals surface area (Å²) in [5, 5.41) is 24.0. The molecule has 0 spiro atoms. The highest BCUT2D eigenvalue weighted by Crippen LogP contribution is 2.62. The van der Waals surface area contributed by atoms with Crippen molar-refractivity contribution in [1.82, 2.24) is 5.32 Å². The summed E-state index contributed by atoms with van der Waals surface area (Å²) in [6.45, 7) is 11.2. The van der Waals surface area contributed by atoms with Crippen molar-refractivity contribution in [2.24, 2.45) is 22.7 Å². The Labute approximate surface area is 195 Å². The molecule has 4 rings (SSSR count). The molecular weight excluding hydrogens is 422 g/mol. The number of aliphatic hydroxyl groups is 1. The molecule has 1 heterocycles. The van der Waals surface area contributed by atoms with E-state index in [2.05, 4.69) is 26.1 Å². The molecule has 2 aliphatic carbocycles. The van der Waals surface area contributed by atoms with E-state index in [1.165, 1.54) is 13.5 Å². The number of fused-ring (bicyclic) bond motifs is 2. The fourth-order valence-corrected chi connectivity index (χ4v) is 7.39. The average molecular weight is 460 g/mol. The number of carbonyl (C=O) groups excluding carboxylic acids is 1. The van der Waals surface area contributed by atoms with Crippen molar-refractivity contribution in [1.29, 1.82) is 0 Å². The molecule has 33 heavy (non-hydrogen) atoms. The molecular formula is C26H37NO6. The van der Waals surface area contributed by atoms with E-state index in [0.717, 1.165) is 25.7 Å². The van der Waals surface area contributed by atoms with Gasteiger partial charge in [-0.2, -0.15) is 0 Å². The largest absolute Gasteiger partial charge is 0.495 e. The quantitative estimate of drug-likeness (QED) is 0.606. The molecule has 182 valence electrons. The van der Waals surface area contributed by atoms with E-state index in [1.54, 1.807) is 6.92 Å². The number of ether oxygens (including phenoxy) is 2. The summed E-state index contributed by atoms with van der Waals surface area (Å²) < 4.78 is 11.9. The van der Waals surface area contributed by atoms with Crippen LogP contribution in [0, 0.1) is 29.6 Å². The standard InChI is InChI=1S/C26H37NO6/c1-14-20(15-12-27-22(28)18(15)19(23(29)30)21(14)32-6)33-13-17-25(4)10-7-9-24(2,3)16(25)8-11-26(17,5)31/h16-17,31H,7-13H2,1-6H3,(H,27,28)(H,29,30). The molecule has 1 amide bonds. The van der Waals surface area contributed by atoms with Crippen LogP contribution in [-0.2, 0) is 6.54 Å². The number of amides is 1. The Hall–Kier alpha value is -2.28. The zero-order valence-corrected chi connectivity index (χ0v) is 20.6. The third-order valence-electron chi connectivity index (χ3n) is 8.96. The monoisotopic (exact) mass is 459 g/mol. The van der Waals surface area contributed by atoms with Gasteiger partial charge in [-0.3, -0.25) is 4.79 Å². The van der Waals surface area contributed by atoms with Crippen molar-refractivity contribution >= 4 is 11.9 Å². The molecule has 7 heteroatoms. The molecule has 0 bridgehead atoms. The van der Waals surface area contributed by atoms with Crippen LogP contribution in [0.15, 0.2) is 0 Å². The average Bonchev–Trinajstić information content (AvgIpc) is 3.07. The number of carboxylic acids is 1. The lowest BCUT2D eigenvalue weighted by Crippen LogP contribution is -2.59. The van der Waals surface area contributed by atoms with Crippen molar-refractivity contribution in [3.63, 3.8) is 0 Å². The van der Waals surface area contributed by atoms with Gasteiger partial charge >= 0.3 is 5.97 Å². The van der Waals surface area contributed by atoms with Gasteiger partial charge in [-0.05, 0) is 56.3 Å². The van der Waals surface area contributed by atoms with Gasteiger partial charge in [-0.25, -0.2) is 4.79 Å². The summed E-state index contributed by atoms with van der Waals surface area (Å²) in [7, 11) is 1.40. The Morgan fingerprint density at radius 2 is 1.85 bits per heavy atom. The van der Waals surface area contributed by atoms with Crippen LogP contribution in [0.4, 0.5) is 0 Å². The summed E-state index contributed by atoms with van der Waals surface area (Å²) in [5.41, 5.74) is 0.371. The predicted octanol–water partition coefficient (Wildman–Crippen LogP) is 4.32. The SMILES string of the molecule is COc1c(C)c(OCC2C(C)(O)CCC3C(C)(C)CCCC32C)c2c(c1C(=O)O)C(=O)NC2. The van der Waals surface area contributed by atoms with E-state index in [0.29, 0.717) is 29.4 Å². The van der Waals surface area contributed by atoms with Gasteiger partial charge in [0.2, 0.25) is 0 Å². The minimum absolute atomic E-state index is 0.0697. The van der Waals surface area contributed by atoms with Crippen LogP contribution >= 0.6 is 0 Å². The molecule has 7 nitrogen and oxygen atoms in total. The van der Waals surface area contributed by atoms with E-state index >= 15 is 0 Å². The highest BCUT2D eigenvalue weighted by molar-refractivity contribution is 6.10. The van der Waals surface area contributed by atoms with E-state index in [1.807, 2.05) is 6.92 Å². The van der Waals surface area contributed by atoms with Gasteiger partial charge < -0.3 is 25.0 Å². The zero-order valence-electron chi connectivity index (χ0n) is 20.6. The summed E-state index contributed by atoms with van der Waals surface area (Å²) in [6, 6.07) is 0. The lowest BCUT2D eigenvalue weighted by Gasteiger charge is -2.61. The molecule has 1 aromatic rings. The Balaban J connectivity index is 1.74. The highest BCUT2D eigenvalue weighted by Gasteiger charge is 2.58. The maximum Gasteiger partial charge on any atom is 0.340 e. The van der Waals surface area contributed by atoms with Crippen molar-refractivity contribution in [2.45, 2.75) is 78.9 Å². The molecule has 3 aliphatic rings. The Kier molecular flexibility index (Phi) is 5.71. The molecule has 1 aliphatic heterocycles. The number of hydrogen-bond acceptors (Lipinski definition) is 5. The fourth-order valence-electron chi connectivity index (χ4n) is 7.39. The van der Waals surface area contributed by atoms with E-state index in [-0.39, 0.29) is 40.2 Å². The Bertz CT molecular complexity index is 997. The first kappa shape index (κ1) is 23.9. The van der Waals surface area contributed by atoms with Gasteiger partial charge in [-0.1, -0.05) is 27.2 Å². The second-order valence-electron chi connectivity index (χ2n) is 11.4. The minimum atomic E-state index is -1.20. The lowest BCUT2D eigenvalue weighted by atomic mass is 9.46. The lowest BCUT2D eigenvalue weighted by molar-refractivity contribution is -0.176. The summed E-state index contributed by atoms with van der Waals surface area (Å²) in [6.07, 6.45) is 5.09. The number of rotatable bonds is 5. The second kappa shape index (κ2) is 7.90. The molecule has 4 unspecified atom stereocenters. The summed E-state index contributed by atoms with van der Waals surface area (Å²) in [4.78, 5) is 24.5. The molecule has 2 saturated carbocycles. The van der Waals surface area contributed by atoms with Crippen LogP contribution in [0.1, 0.15) is 91.6 Å². The Morgan fingerprint density at radius 1 is 1.15 bits per heavy atom. The molecule has 1 aromatic carbocycles. The summed E-state index contributed by atoms with van der Waals surface area (Å²) in [5.74, 6) is -0.602. The van der Waals surface area contributed by atoms with Crippen molar-refractivity contribution in [3.05, 3.63) is 22.3 Å². The maximum atomic E-state index is 12.5. The maximum absolute atomic E-state index is 12.5. The topological polar surface area (TPSA) is 105 Å². The number of methoxy groups -OCH3 is 1. The number of nitrogens with one attached hydrogen (secondary N) is 1. The van der Waals surface area contributed by atoms with E-state index < -0.39 is 17.5 Å². The second-order valence-corrected chi connectivity index (χ2v) is 11.4. The molecule has 2 fully saturated rings. The molecule has 0 radical (unpaired) electrons. The van der Waals surface area contributed by atoms with Gasteiger partial charge in [0.05, 0.1) is 24.9 Å². The number of aromatic carboxylic acids is 1. The predicted molar refractivity (Wildman–Crippen MR) is 124 cm³/mol. The third kappa shape index (κ3) is 3.59. The Morgan fingerprint density at radius 3 is 2.48 bits per heavy atom. The molecule has 4 atom stereocenters. The number of benzene rings is 1. The van der Waals surface area contributed by atoms with E-state index in [9.17, 15) is 19.8 Å². The van der Waals surface area contributed by atoms with Gasteiger partial charge in [0.1, 0.15) is 17.1 Å². The first-order valence-electron chi connectivity index (χ1n) is 11.9. The zero-order chi connectivity index (χ0) is 24.3. The van der Waals surface area contributed by atoms with Crippen LogP contribution in [0.3, 0.4) is 0 Å². The normalized spacial score (nSPS) is 32.5. The van der Waals surface area contributed by atoms with Crippen LogP contribution in [-0.4, -0.2) is 41.4 Å². The van der Waals surface area contributed by atoms with Crippen molar-refractivity contribution < 1.29 is 29.3 Å². The van der Waals surface area contributed by atoms with Crippen LogP contribution in [0.2, 0.25) is 0 Å². The van der Waals surface area contributed by atoms with E-state index in [4.69, 9.17) is 9.47 Å². The highest BCUT2D eigenvalue weighted by atomic mass is 16.5. The van der Waals surface area contributed by atoms with Gasteiger partial charge in [0.15, 0.2) is 0 Å². The number of hydrogen-bond donors (Lipinski definition) is 3. The fraction of sp³-hybridized carbons (Fsp3) is 0.692. The van der Waals surface area contributed by atoms with Crippen LogP contribution in [0.5, 0.6) is 11.5 Å².